The lowest BCUT2D eigenvalue weighted by Gasteiger charge is -2.12. The van der Waals surface area contributed by atoms with Gasteiger partial charge in [-0.3, -0.25) is 9.59 Å². The molecule has 6 nitrogen and oxygen atoms in total. The Morgan fingerprint density at radius 2 is 1.53 bits per heavy atom. The van der Waals surface area contributed by atoms with Crippen LogP contribution in [0, 0.1) is 0 Å². The molecule has 0 fully saturated rings. The van der Waals surface area contributed by atoms with Crippen LogP contribution >= 0.6 is 0 Å². The van der Waals surface area contributed by atoms with E-state index in [0.29, 0.717) is 16.8 Å². The van der Waals surface area contributed by atoms with E-state index in [-0.39, 0.29) is 0 Å². The van der Waals surface area contributed by atoms with Gasteiger partial charge in [0.05, 0.1) is 23.0 Å². The fourth-order valence-electron chi connectivity index (χ4n) is 4.30. The maximum atomic E-state index is 13.0. The number of fused-ring (bicyclic) bond motifs is 1. The van der Waals surface area contributed by atoms with E-state index in [1.54, 1.807) is 0 Å². The molecule has 0 radical (unpaired) electrons. The first kappa shape index (κ1) is 24.8. The molecule has 9 heteroatoms. The highest BCUT2D eigenvalue weighted by Gasteiger charge is 2.31. The molecule has 0 aliphatic heterocycles. The number of hydrogen-bond acceptors (Lipinski definition) is 3. The van der Waals surface area contributed by atoms with E-state index in [1.165, 1.54) is 6.21 Å². The minimum Gasteiger partial charge on any atom is -0.309 e. The van der Waals surface area contributed by atoms with Gasteiger partial charge < -0.3 is 9.13 Å². The van der Waals surface area contributed by atoms with Crippen LogP contribution in [-0.4, -0.2) is 21.3 Å². The van der Waals surface area contributed by atoms with Crippen LogP contribution in [-0.2, 0) is 17.5 Å². The molecule has 0 saturated carbocycles. The third-order valence-electron chi connectivity index (χ3n) is 5.98. The van der Waals surface area contributed by atoms with Crippen molar-refractivity contribution in [3.63, 3.8) is 0 Å². The first-order valence-corrected chi connectivity index (χ1v) is 11.7. The van der Waals surface area contributed by atoms with Crippen molar-refractivity contribution < 1.29 is 18.0 Å². The normalized spacial score (nSPS) is 11.8. The molecule has 0 bridgehead atoms. The molecule has 2 aromatic heterocycles. The summed E-state index contributed by atoms with van der Waals surface area (Å²) in [5, 5.41) is 5.00. The first-order chi connectivity index (χ1) is 18.3. The Hall–Kier alpha value is -4.92. The zero-order valence-electron chi connectivity index (χ0n) is 19.9. The number of alkyl halides is 3. The zero-order valence-corrected chi connectivity index (χ0v) is 19.9. The summed E-state index contributed by atoms with van der Waals surface area (Å²) >= 11 is 0. The van der Waals surface area contributed by atoms with E-state index in [4.69, 9.17) is 0 Å². The molecule has 5 rings (SSSR count). The molecular weight excluding hydrogens is 493 g/mol. The van der Waals surface area contributed by atoms with Gasteiger partial charge in [-0.1, -0.05) is 66.7 Å². The SMILES string of the molecule is O=C(Cn1cc(C(F)(F)F)ccc1=O)N/N=C/c1c(-c2ccccc2)n(-c2ccccc2)c2ccccc12. The standard InChI is InChI=1S/C29H21F3N4O2/c30-29(31,32)21-15-16-27(38)35(18-21)19-26(37)34-33-17-24-23-13-7-8-14-25(23)36(22-11-5-2-6-12-22)28(24)20-9-3-1-4-10-20/h1-18H,19H2,(H,34,37)/b33-17+. The summed E-state index contributed by atoms with van der Waals surface area (Å²) in [7, 11) is 0. The second-order valence-electron chi connectivity index (χ2n) is 8.49. The van der Waals surface area contributed by atoms with Crippen molar-refractivity contribution in [3.05, 3.63) is 125 Å². The summed E-state index contributed by atoms with van der Waals surface area (Å²) in [4.78, 5) is 24.5. The molecule has 0 atom stereocenters. The number of nitrogens with zero attached hydrogens (tertiary/aromatic N) is 3. The molecule has 0 unspecified atom stereocenters. The number of hydrogen-bond donors (Lipinski definition) is 1. The monoisotopic (exact) mass is 514 g/mol. The smallest absolute Gasteiger partial charge is 0.309 e. The second-order valence-corrected chi connectivity index (χ2v) is 8.49. The maximum absolute atomic E-state index is 13.0. The Morgan fingerprint density at radius 1 is 0.868 bits per heavy atom. The Bertz CT molecular complexity index is 1690. The van der Waals surface area contributed by atoms with Crippen molar-refractivity contribution >= 4 is 23.0 Å². The van der Waals surface area contributed by atoms with Crippen molar-refractivity contribution in [1.82, 2.24) is 14.6 Å². The van der Waals surface area contributed by atoms with E-state index in [0.717, 1.165) is 39.5 Å². The minimum absolute atomic E-state index is 0.614. The van der Waals surface area contributed by atoms with Crippen LogP contribution in [0.15, 0.2) is 113 Å². The minimum atomic E-state index is -4.63. The summed E-state index contributed by atoms with van der Waals surface area (Å²) in [5.41, 5.74) is 4.98. The molecule has 190 valence electrons. The highest BCUT2D eigenvalue weighted by molar-refractivity contribution is 6.07. The van der Waals surface area contributed by atoms with Crippen LogP contribution in [0.4, 0.5) is 13.2 Å². The Morgan fingerprint density at radius 3 is 2.24 bits per heavy atom. The molecule has 38 heavy (non-hydrogen) atoms. The van der Waals surface area contributed by atoms with Crippen LogP contribution in [0.25, 0.3) is 27.8 Å². The van der Waals surface area contributed by atoms with Crippen LogP contribution in [0.1, 0.15) is 11.1 Å². The lowest BCUT2D eigenvalue weighted by atomic mass is 10.1. The van der Waals surface area contributed by atoms with Crippen molar-refractivity contribution in [3.8, 4) is 16.9 Å². The highest BCUT2D eigenvalue weighted by Crippen LogP contribution is 2.35. The lowest BCUT2D eigenvalue weighted by molar-refractivity contribution is -0.138. The Labute approximate surface area is 215 Å². The van der Waals surface area contributed by atoms with E-state index < -0.39 is 29.8 Å². The Balaban J connectivity index is 1.51. The van der Waals surface area contributed by atoms with Gasteiger partial charge in [0.1, 0.15) is 6.54 Å². The number of para-hydroxylation sites is 2. The van der Waals surface area contributed by atoms with Crippen molar-refractivity contribution in [2.75, 3.05) is 0 Å². The van der Waals surface area contributed by atoms with E-state index in [2.05, 4.69) is 15.1 Å². The van der Waals surface area contributed by atoms with E-state index in [1.807, 2.05) is 84.9 Å². The number of carbonyl (C=O) groups excluding carboxylic acids is 1. The fraction of sp³-hybridized carbons (Fsp3) is 0.0690. The molecule has 0 aliphatic rings. The quantitative estimate of drug-likeness (QED) is 0.236. The van der Waals surface area contributed by atoms with Gasteiger partial charge in [-0.2, -0.15) is 18.3 Å². The summed E-state index contributed by atoms with van der Waals surface area (Å²) in [5.74, 6) is -0.740. The molecule has 5 aromatic rings. The molecule has 0 spiro atoms. The van der Waals surface area contributed by atoms with Crippen molar-refractivity contribution in [1.29, 1.82) is 0 Å². The maximum Gasteiger partial charge on any atom is 0.417 e. The van der Waals surface area contributed by atoms with Gasteiger partial charge in [0, 0.05) is 28.9 Å². The largest absolute Gasteiger partial charge is 0.417 e. The van der Waals surface area contributed by atoms with E-state index in [9.17, 15) is 22.8 Å². The number of amides is 1. The molecule has 0 aliphatic carbocycles. The molecule has 1 N–H and O–H groups in total. The van der Waals surface area contributed by atoms with Gasteiger partial charge in [0.15, 0.2) is 0 Å². The van der Waals surface area contributed by atoms with Crippen LogP contribution in [0.2, 0.25) is 0 Å². The average Bonchev–Trinajstić information content (AvgIpc) is 3.24. The zero-order chi connectivity index (χ0) is 26.7. The highest BCUT2D eigenvalue weighted by atomic mass is 19.4. The molecule has 2 heterocycles. The molecule has 3 aromatic carbocycles. The molecular formula is C29H21F3N4O2. The van der Waals surface area contributed by atoms with Crippen molar-refractivity contribution in [2.24, 2.45) is 5.10 Å². The van der Waals surface area contributed by atoms with Gasteiger partial charge in [-0.25, -0.2) is 5.43 Å². The average molecular weight is 515 g/mol. The van der Waals surface area contributed by atoms with Gasteiger partial charge >= 0.3 is 6.18 Å². The van der Waals surface area contributed by atoms with Crippen LogP contribution < -0.4 is 11.0 Å². The number of carbonyl (C=O) groups is 1. The van der Waals surface area contributed by atoms with E-state index >= 15 is 0 Å². The number of pyridine rings is 1. The van der Waals surface area contributed by atoms with Crippen molar-refractivity contribution in [2.45, 2.75) is 12.7 Å². The topological polar surface area (TPSA) is 68.4 Å². The van der Waals surface area contributed by atoms with Crippen LogP contribution in [0.3, 0.4) is 0 Å². The predicted molar refractivity (Wildman–Crippen MR) is 140 cm³/mol. The Kier molecular flexibility index (Phi) is 6.66. The number of benzene rings is 3. The number of hydrazone groups is 1. The lowest BCUT2D eigenvalue weighted by Crippen LogP contribution is -2.30. The number of aromatic nitrogens is 2. The van der Waals surface area contributed by atoms with Gasteiger partial charge in [-0.05, 0) is 29.8 Å². The second kappa shape index (κ2) is 10.2. The first-order valence-electron chi connectivity index (χ1n) is 11.7. The number of nitrogens with one attached hydrogen (secondary N) is 1. The summed E-state index contributed by atoms with van der Waals surface area (Å²) in [6.07, 6.45) is -2.51. The molecule has 0 saturated heterocycles. The fourth-order valence-corrected chi connectivity index (χ4v) is 4.30. The van der Waals surface area contributed by atoms with Gasteiger partial charge in [0.25, 0.3) is 11.5 Å². The van der Waals surface area contributed by atoms with Gasteiger partial charge in [-0.15, -0.1) is 0 Å². The third kappa shape index (κ3) is 4.99. The summed E-state index contributed by atoms with van der Waals surface area (Å²) < 4.78 is 41.9. The van der Waals surface area contributed by atoms with Crippen LogP contribution in [0.5, 0.6) is 0 Å². The predicted octanol–water partition coefficient (Wildman–Crippen LogP) is 5.63. The van der Waals surface area contributed by atoms with Gasteiger partial charge in [0.2, 0.25) is 0 Å². The molecule has 1 amide bonds. The number of rotatable bonds is 6. The summed E-state index contributed by atoms with van der Waals surface area (Å²) in [6, 6.07) is 28.8. The summed E-state index contributed by atoms with van der Waals surface area (Å²) in [6.45, 7) is -0.614. The third-order valence-corrected chi connectivity index (χ3v) is 5.98. The number of halogens is 3.